The van der Waals surface area contributed by atoms with Crippen molar-refractivity contribution in [2.24, 2.45) is 0 Å². The Hall–Kier alpha value is -1.50. The van der Waals surface area contributed by atoms with Crippen LogP contribution in [0.4, 0.5) is 4.39 Å². The lowest BCUT2D eigenvalue weighted by atomic mass is 10.1. The summed E-state index contributed by atoms with van der Waals surface area (Å²) < 4.78 is 39.0. The molecule has 1 saturated heterocycles. The first kappa shape index (κ1) is 19.3. The standard InChI is InChI=1S/C20H24FNO2S2/c1-2-20(19-4-3-15-25-19)26(23,24)18-10-13-22(14-11-18)12-9-16-5-7-17(21)8-6-16/h2-8,15,18,20H,1,9-14H2. The molecule has 0 aliphatic carbocycles. The lowest BCUT2D eigenvalue weighted by Gasteiger charge is -2.33. The quantitative estimate of drug-likeness (QED) is 0.661. The molecule has 1 fully saturated rings. The van der Waals surface area contributed by atoms with Crippen molar-refractivity contribution in [3.05, 3.63) is 70.7 Å². The molecule has 0 saturated carbocycles. The summed E-state index contributed by atoms with van der Waals surface area (Å²) in [7, 11) is -3.27. The molecule has 26 heavy (non-hydrogen) atoms. The van der Waals surface area contributed by atoms with E-state index >= 15 is 0 Å². The van der Waals surface area contributed by atoms with Crippen molar-refractivity contribution in [2.75, 3.05) is 19.6 Å². The number of rotatable bonds is 7. The highest BCUT2D eigenvalue weighted by Crippen LogP contribution is 2.33. The van der Waals surface area contributed by atoms with Gasteiger partial charge in [0, 0.05) is 11.4 Å². The number of sulfone groups is 1. The molecule has 1 unspecified atom stereocenters. The van der Waals surface area contributed by atoms with Crippen LogP contribution < -0.4 is 0 Å². The van der Waals surface area contributed by atoms with Crippen LogP contribution in [-0.2, 0) is 16.3 Å². The van der Waals surface area contributed by atoms with E-state index in [9.17, 15) is 12.8 Å². The average molecular weight is 394 g/mol. The maximum Gasteiger partial charge on any atom is 0.164 e. The van der Waals surface area contributed by atoms with Crippen molar-refractivity contribution in [3.8, 4) is 0 Å². The van der Waals surface area contributed by atoms with Crippen LogP contribution in [0.2, 0.25) is 0 Å². The largest absolute Gasteiger partial charge is 0.303 e. The van der Waals surface area contributed by atoms with E-state index < -0.39 is 15.1 Å². The van der Waals surface area contributed by atoms with Crippen LogP contribution in [-0.4, -0.2) is 38.2 Å². The van der Waals surface area contributed by atoms with Crippen LogP contribution in [0.25, 0.3) is 0 Å². The molecule has 1 atom stereocenters. The molecular weight excluding hydrogens is 369 g/mol. The fourth-order valence-electron chi connectivity index (χ4n) is 3.47. The molecule has 1 aliphatic rings. The van der Waals surface area contributed by atoms with Gasteiger partial charge in [-0.15, -0.1) is 17.9 Å². The van der Waals surface area contributed by atoms with Crippen molar-refractivity contribution in [3.63, 3.8) is 0 Å². The maximum atomic E-state index is 13.0. The minimum Gasteiger partial charge on any atom is -0.303 e. The molecule has 0 bridgehead atoms. The number of piperidine rings is 1. The Morgan fingerprint density at radius 3 is 2.50 bits per heavy atom. The highest BCUT2D eigenvalue weighted by Gasteiger charge is 2.35. The van der Waals surface area contributed by atoms with Crippen LogP contribution in [0.15, 0.2) is 54.4 Å². The number of nitrogens with zero attached hydrogens (tertiary/aromatic N) is 1. The summed E-state index contributed by atoms with van der Waals surface area (Å²) in [6.45, 7) is 6.18. The van der Waals surface area contributed by atoms with Gasteiger partial charge in [-0.3, -0.25) is 0 Å². The van der Waals surface area contributed by atoms with Crippen LogP contribution in [0.3, 0.4) is 0 Å². The summed E-state index contributed by atoms with van der Waals surface area (Å²) in [6, 6.07) is 10.3. The molecule has 2 aromatic rings. The Kier molecular flexibility index (Phi) is 6.27. The minimum atomic E-state index is -3.27. The van der Waals surface area contributed by atoms with E-state index in [1.54, 1.807) is 6.08 Å². The van der Waals surface area contributed by atoms with Gasteiger partial charge < -0.3 is 4.90 Å². The van der Waals surface area contributed by atoms with Gasteiger partial charge in [-0.1, -0.05) is 24.3 Å². The summed E-state index contributed by atoms with van der Waals surface area (Å²) in [5, 5.41) is 0.993. The third-order valence-electron chi connectivity index (χ3n) is 5.02. The second kappa shape index (κ2) is 8.46. The normalized spacial score (nSPS) is 17.9. The fourth-order valence-corrected chi connectivity index (χ4v) is 6.70. The summed E-state index contributed by atoms with van der Waals surface area (Å²) in [6.07, 6.45) is 3.72. The zero-order valence-corrected chi connectivity index (χ0v) is 16.3. The zero-order valence-electron chi connectivity index (χ0n) is 14.7. The zero-order chi connectivity index (χ0) is 18.6. The van der Waals surface area contributed by atoms with Crippen molar-refractivity contribution < 1.29 is 12.8 Å². The first-order chi connectivity index (χ1) is 12.5. The number of hydrogen-bond donors (Lipinski definition) is 0. The minimum absolute atomic E-state index is 0.220. The van der Waals surface area contributed by atoms with Crippen molar-refractivity contribution in [1.82, 2.24) is 4.90 Å². The van der Waals surface area contributed by atoms with E-state index in [0.717, 1.165) is 36.5 Å². The molecule has 140 valence electrons. The molecule has 1 aromatic carbocycles. The number of likely N-dealkylation sites (tertiary alicyclic amines) is 1. The molecule has 0 spiro atoms. The van der Waals surface area contributed by atoms with Gasteiger partial charge in [-0.2, -0.15) is 0 Å². The first-order valence-electron chi connectivity index (χ1n) is 8.86. The first-order valence-corrected chi connectivity index (χ1v) is 11.3. The van der Waals surface area contributed by atoms with Gasteiger partial charge in [0.2, 0.25) is 0 Å². The topological polar surface area (TPSA) is 37.4 Å². The monoisotopic (exact) mass is 393 g/mol. The molecule has 6 heteroatoms. The third kappa shape index (κ3) is 4.42. The molecule has 3 rings (SSSR count). The highest BCUT2D eigenvalue weighted by atomic mass is 32.2. The SMILES string of the molecule is C=CC(c1cccs1)S(=O)(=O)C1CCN(CCc2ccc(F)cc2)CC1. The Balaban J connectivity index is 1.55. The molecule has 0 amide bonds. The van der Waals surface area contributed by atoms with Gasteiger partial charge in [0.05, 0.1) is 5.25 Å². The Morgan fingerprint density at radius 2 is 1.92 bits per heavy atom. The second-order valence-electron chi connectivity index (χ2n) is 6.68. The summed E-state index contributed by atoms with van der Waals surface area (Å²) >= 11 is 1.47. The van der Waals surface area contributed by atoms with Crippen LogP contribution in [0.5, 0.6) is 0 Å². The highest BCUT2D eigenvalue weighted by molar-refractivity contribution is 7.92. The van der Waals surface area contributed by atoms with E-state index in [1.165, 1.54) is 23.5 Å². The predicted molar refractivity (Wildman–Crippen MR) is 106 cm³/mol. The second-order valence-corrected chi connectivity index (χ2v) is 10.0. The maximum absolute atomic E-state index is 13.0. The average Bonchev–Trinajstić information content (AvgIpc) is 3.16. The molecule has 0 radical (unpaired) electrons. The van der Waals surface area contributed by atoms with Crippen molar-refractivity contribution >= 4 is 21.2 Å². The van der Waals surface area contributed by atoms with Gasteiger partial charge >= 0.3 is 0 Å². The van der Waals surface area contributed by atoms with E-state index in [-0.39, 0.29) is 11.1 Å². The van der Waals surface area contributed by atoms with Crippen molar-refractivity contribution in [2.45, 2.75) is 29.8 Å². The van der Waals surface area contributed by atoms with E-state index in [4.69, 9.17) is 0 Å². The number of hydrogen-bond acceptors (Lipinski definition) is 4. The van der Waals surface area contributed by atoms with Gasteiger partial charge in [0.1, 0.15) is 11.1 Å². The van der Waals surface area contributed by atoms with Gasteiger partial charge in [-0.25, -0.2) is 12.8 Å². The molecule has 0 N–H and O–H groups in total. The molecule has 1 aromatic heterocycles. The van der Waals surface area contributed by atoms with Gasteiger partial charge in [0.25, 0.3) is 0 Å². The number of benzene rings is 1. The van der Waals surface area contributed by atoms with Crippen molar-refractivity contribution in [1.29, 1.82) is 0 Å². The van der Waals surface area contributed by atoms with E-state index in [0.29, 0.717) is 12.8 Å². The molecule has 2 heterocycles. The Morgan fingerprint density at radius 1 is 1.23 bits per heavy atom. The predicted octanol–water partition coefficient (Wildman–Crippen LogP) is 4.24. The third-order valence-corrected chi connectivity index (χ3v) is 8.68. The summed E-state index contributed by atoms with van der Waals surface area (Å²) in [5.74, 6) is -0.220. The summed E-state index contributed by atoms with van der Waals surface area (Å²) in [5.41, 5.74) is 1.10. The number of thiophene rings is 1. The lowest BCUT2D eigenvalue weighted by Crippen LogP contribution is -2.41. The van der Waals surface area contributed by atoms with E-state index in [1.807, 2.05) is 29.6 Å². The fraction of sp³-hybridized carbons (Fsp3) is 0.400. The molecule has 3 nitrogen and oxygen atoms in total. The Bertz CT molecular complexity index is 808. The van der Waals surface area contributed by atoms with Crippen LogP contribution in [0, 0.1) is 5.82 Å². The van der Waals surface area contributed by atoms with Gasteiger partial charge in [-0.05, 0) is 61.5 Å². The molecule has 1 aliphatic heterocycles. The Labute approximate surface area is 159 Å². The van der Waals surface area contributed by atoms with Crippen LogP contribution >= 0.6 is 11.3 Å². The summed E-state index contributed by atoms with van der Waals surface area (Å²) in [4.78, 5) is 3.14. The van der Waals surface area contributed by atoms with Crippen LogP contribution in [0.1, 0.15) is 28.5 Å². The molecular formula is C20H24FNO2S2. The van der Waals surface area contributed by atoms with E-state index in [2.05, 4.69) is 11.5 Å². The lowest BCUT2D eigenvalue weighted by molar-refractivity contribution is 0.232. The number of halogens is 1. The smallest absolute Gasteiger partial charge is 0.164 e. The van der Waals surface area contributed by atoms with Gasteiger partial charge in [0.15, 0.2) is 9.84 Å².